The molecule has 9 nitrogen and oxygen atoms in total. The smallest absolute Gasteiger partial charge is 0.338 e. The van der Waals surface area contributed by atoms with E-state index in [0.29, 0.717) is 5.56 Å². The van der Waals surface area contributed by atoms with Crippen molar-refractivity contribution < 1.29 is 42.9 Å². The van der Waals surface area contributed by atoms with Crippen LogP contribution in [0.1, 0.15) is 42.6 Å². The lowest BCUT2D eigenvalue weighted by Gasteiger charge is -2.45. The second-order valence-electron chi connectivity index (χ2n) is 9.93. The number of benzene rings is 3. The Morgan fingerprint density at radius 1 is 0.744 bits per heavy atom. The first-order chi connectivity index (χ1) is 20.8. The van der Waals surface area contributed by atoms with Crippen molar-refractivity contribution in [2.24, 2.45) is 0 Å². The largest absolute Gasteiger partial charge is 0.463 e. The number of esters is 3. The van der Waals surface area contributed by atoms with Crippen LogP contribution in [0.4, 0.5) is 0 Å². The van der Waals surface area contributed by atoms with Gasteiger partial charge in [-0.05, 0) is 36.8 Å². The van der Waals surface area contributed by atoms with E-state index < -0.39 is 47.8 Å². The summed E-state index contributed by atoms with van der Waals surface area (Å²) >= 11 is 1.30. The molecule has 43 heavy (non-hydrogen) atoms. The van der Waals surface area contributed by atoms with Gasteiger partial charge in [0.2, 0.25) is 0 Å². The summed E-state index contributed by atoms with van der Waals surface area (Å²) in [4.78, 5) is 50.5. The zero-order valence-corrected chi connectivity index (χ0v) is 24.8. The first-order valence-electron chi connectivity index (χ1n) is 13.9. The number of rotatable bonds is 13. The molecule has 0 bridgehead atoms. The van der Waals surface area contributed by atoms with Gasteiger partial charge in [-0.15, -0.1) is 0 Å². The van der Waals surface area contributed by atoms with Crippen LogP contribution >= 0.6 is 11.8 Å². The molecular weight excluding hydrogens is 572 g/mol. The predicted molar refractivity (Wildman–Crippen MR) is 158 cm³/mol. The number of carbonyl (C=O) groups is 4. The van der Waals surface area contributed by atoms with Gasteiger partial charge in [0, 0.05) is 18.2 Å². The van der Waals surface area contributed by atoms with E-state index in [1.54, 1.807) is 30.3 Å². The highest BCUT2D eigenvalue weighted by atomic mass is 32.2. The Hall–Kier alpha value is -3.99. The van der Waals surface area contributed by atoms with Crippen molar-refractivity contribution in [3.63, 3.8) is 0 Å². The Bertz CT molecular complexity index is 1350. The Balaban J connectivity index is 1.72. The lowest BCUT2D eigenvalue weighted by atomic mass is 9.98. The summed E-state index contributed by atoms with van der Waals surface area (Å²) < 4.78 is 30.1. The maximum Gasteiger partial charge on any atom is 0.338 e. The van der Waals surface area contributed by atoms with Crippen molar-refractivity contribution in [1.29, 1.82) is 0 Å². The van der Waals surface area contributed by atoms with Crippen molar-refractivity contribution in [3.8, 4) is 0 Å². The van der Waals surface area contributed by atoms with E-state index in [0.717, 1.165) is 10.5 Å². The number of carbonyl (C=O) groups excluding carboxylic acids is 4. The van der Waals surface area contributed by atoms with Crippen LogP contribution in [0.5, 0.6) is 0 Å². The van der Waals surface area contributed by atoms with E-state index >= 15 is 0 Å². The zero-order chi connectivity index (χ0) is 30.6. The third-order valence-corrected chi connectivity index (χ3v) is 7.68. The summed E-state index contributed by atoms with van der Waals surface area (Å²) in [6.07, 6.45) is -4.34. The van der Waals surface area contributed by atoms with E-state index in [2.05, 4.69) is 0 Å². The van der Waals surface area contributed by atoms with Gasteiger partial charge in [0.05, 0.1) is 18.6 Å². The minimum absolute atomic E-state index is 0.00450. The highest BCUT2D eigenvalue weighted by Gasteiger charge is 2.51. The van der Waals surface area contributed by atoms with Crippen LogP contribution in [0, 0.1) is 0 Å². The molecule has 0 saturated carbocycles. The number of hydrogen-bond donors (Lipinski definition) is 0. The van der Waals surface area contributed by atoms with Gasteiger partial charge < -0.3 is 28.5 Å². The second kappa shape index (κ2) is 16.0. The molecule has 0 aliphatic carbocycles. The summed E-state index contributed by atoms with van der Waals surface area (Å²) in [5, 5.41) is 0. The SMILES string of the molecule is CC(=O)CCC(=O)O[C@H]1[C@H](OCc2ccccc2)[C@@H](OC(=O)c2ccccc2)[C@H](Sc2ccccc2)O[C@H]1COC(C)=O. The van der Waals surface area contributed by atoms with Crippen LogP contribution < -0.4 is 0 Å². The summed E-state index contributed by atoms with van der Waals surface area (Å²) in [6.45, 7) is 2.52. The number of hydrogen-bond acceptors (Lipinski definition) is 10. The molecule has 1 aliphatic heterocycles. The summed E-state index contributed by atoms with van der Waals surface area (Å²) in [7, 11) is 0. The van der Waals surface area contributed by atoms with Gasteiger partial charge in [-0.2, -0.15) is 0 Å². The quantitative estimate of drug-likeness (QED) is 0.191. The highest BCUT2D eigenvalue weighted by Crippen LogP contribution is 2.38. The number of thioether (sulfide) groups is 1. The minimum Gasteiger partial charge on any atom is -0.463 e. The van der Waals surface area contributed by atoms with Crippen molar-refractivity contribution in [2.75, 3.05) is 6.61 Å². The molecule has 10 heteroatoms. The van der Waals surface area contributed by atoms with E-state index in [1.165, 1.54) is 25.6 Å². The van der Waals surface area contributed by atoms with Crippen molar-refractivity contribution in [2.45, 2.75) is 68.0 Å². The molecule has 4 rings (SSSR count). The predicted octanol–water partition coefficient (Wildman–Crippen LogP) is 5.16. The lowest BCUT2D eigenvalue weighted by Crippen LogP contribution is -2.61. The normalized spacial score (nSPS) is 21.4. The molecule has 0 aromatic heterocycles. The molecule has 1 aliphatic rings. The second-order valence-corrected chi connectivity index (χ2v) is 11.1. The summed E-state index contributed by atoms with van der Waals surface area (Å²) in [5.74, 6) is -1.98. The molecule has 3 aromatic rings. The van der Waals surface area contributed by atoms with Crippen molar-refractivity contribution in [3.05, 3.63) is 102 Å². The van der Waals surface area contributed by atoms with E-state index in [1.807, 2.05) is 60.7 Å². The first-order valence-corrected chi connectivity index (χ1v) is 14.8. The fraction of sp³-hybridized carbons (Fsp3) is 0.333. The van der Waals surface area contributed by atoms with Gasteiger partial charge >= 0.3 is 17.9 Å². The van der Waals surface area contributed by atoms with Gasteiger partial charge in [-0.25, -0.2) is 4.79 Å². The van der Waals surface area contributed by atoms with Crippen LogP contribution in [0.15, 0.2) is 95.9 Å². The van der Waals surface area contributed by atoms with E-state index in [-0.39, 0.29) is 31.8 Å². The molecule has 3 aromatic carbocycles. The Kier molecular flexibility index (Phi) is 11.9. The number of Topliss-reactive ketones (excluding diaryl/α,β-unsaturated/α-hetero) is 1. The third-order valence-electron chi connectivity index (χ3n) is 6.52. The van der Waals surface area contributed by atoms with E-state index in [4.69, 9.17) is 23.7 Å². The molecule has 0 unspecified atom stereocenters. The lowest BCUT2D eigenvalue weighted by molar-refractivity contribution is -0.236. The zero-order valence-electron chi connectivity index (χ0n) is 24.0. The van der Waals surface area contributed by atoms with Crippen LogP contribution in [-0.4, -0.2) is 60.1 Å². The van der Waals surface area contributed by atoms with Crippen LogP contribution in [0.25, 0.3) is 0 Å². The topological polar surface area (TPSA) is 114 Å². The standard InChI is InChI=1S/C33H34O9S/c1-22(34)18-19-28(36)41-29-27(21-38-23(2)35)40-33(43-26-16-10-5-11-17-26)31(42-32(37)25-14-8-4-9-15-25)30(29)39-20-24-12-6-3-7-13-24/h3-17,27,29-31,33H,18-21H2,1-2H3/t27-,29+,30-,31+,33-/m0/s1. The molecule has 0 radical (unpaired) electrons. The molecule has 1 fully saturated rings. The average molecular weight is 607 g/mol. The maximum absolute atomic E-state index is 13.4. The average Bonchev–Trinajstić information content (AvgIpc) is 3.01. The van der Waals surface area contributed by atoms with Crippen LogP contribution in [0.2, 0.25) is 0 Å². The molecule has 1 heterocycles. The van der Waals surface area contributed by atoms with Crippen molar-refractivity contribution in [1.82, 2.24) is 0 Å². The van der Waals surface area contributed by atoms with Crippen LogP contribution in [-0.2, 0) is 44.7 Å². The Morgan fingerprint density at radius 3 is 2.00 bits per heavy atom. The Labute approximate surface area is 254 Å². The molecule has 0 spiro atoms. The Morgan fingerprint density at radius 2 is 1.37 bits per heavy atom. The maximum atomic E-state index is 13.4. The molecule has 0 N–H and O–H groups in total. The molecule has 5 atom stereocenters. The number of ether oxygens (including phenoxy) is 5. The molecular formula is C33H34O9S. The van der Waals surface area contributed by atoms with E-state index in [9.17, 15) is 19.2 Å². The first kappa shape index (κ1) is 31.9. The van der Waals surface area contributed by atoms with Gasteiger partial charge in [0.25, 0.3) is 0 Å². The third kappa shape index (κ3) is 9.77. The van der Waals surface area contributed by atoms with Crippen LogP contribution in [0.3, 0.4) is 0 Å². The van der Waals surface area contributed by atoms with Gasteiger partial charge in [-0.1, -0.05) is 78.5 Å². The summed E-state index contributed by atoms with van der Waals surface area (Å²) in [5.41, 5.74) is 0.334. The fourth-order valence-corrected chi connectivity index (χ4v) is 5.54. The fourth-order valence-electron chi connectivity index (χ4n) is 4.42. The number of ketones is 1. The van der Waals surface area contributed by atoms with Gasteiger partial charge in [0.15, 0.2) is 12.2 Å². The summed E-state index contributed by atoms with van der Waals surface area (Å²) in [6, 6.07) is 27.3. The molecule has 0 amide bonds. The monoisotopic (exact) mass is 606 g/mol. The van der Waals surface area contributed by atoms with Crippen molar-refractivity contribution >= 4 is 35.5 Å². The molecule has 1 saturated heterocycles. The van der Waals surface area contributed by atoms with Gasteiger partial charge in [0.1, 0.15) is 30.0 Å². The van der Waals surface area contributed by atoms with Gasteiger partial charge in [-0.3, -0.25) is 9.59 Å². The molecule has 226 valence electrons. The highest BCUT2D eigenvalue weighted by molar-refractivity contribution is 7.99. The minimum atomic E-state index is -1.14.